The highest BCUT2D eigenvalue weighted by Crippen LogP contribution is 2.25. The molecule has 3 rings (SSSR count). The summed E-state index contributed by atoms with van der Waals surface area (Å²) in [4.78, 5) is 14.7. The van der Waals surface area contributed by atoms with Crippen LogP contribution >= 0.6 is 0 Å². The Morgan fingerprint density at radius 2 is 1.67 bits per heavy atom. The van der Waals surface area contributed by atoms with Crippen LogP contribution in [0.25, 0.3) is 0 Å². The SMILES string of the molecule is Cc1ccc(C(C(=O)Nc2ccc(N3CCOCC3)cc2)S(=O)(=O)O)cc1. The van der Waals surface area contributed by atoms with Gasteiger partial charge in [0.25, 0.3) is 10.1 Å². The number of nitrogens with zero attached hydrogens (tertiary/aromatic N) is 1. The first kappa shape index (κ1) is 19.3. The van der Waals surface area contributed by atoms with Gasteiger partial charge in [-0.3, -0.25) is 9.35 Å². The number of carbonyl (C=O) groups excluding carboxylic acids is 1. The Bertz CT molecular complexity index is 889. The van der Waals surface area contributed by atoms with Crippen molar-refractivity contribution in [3.8, 4) is 0 Å². The molecule has 0 bridgehead atoms. The molecule has 27 heavy (non-hydrogen) atoms. The number of morpholine rings is 1. The average Bonchev–Trinajstić information content (AvgIpc) is 2.64. The van der Waals surface area contributed by atoms with E-state index >= 15 is 0 Å². The highest BCUT2D eigenvalue weighted by molar-refractivity contribution is 7.86. The van der Waals surface area contributed by atoms with E-state index < -0.39 is 21.3 Å². The molecule has 144 valence electrons. The summed E-state index contributed by atoms with van der Waals surface area (Å²) in [5, 5.41) is 0.887. The van der Waals surface area contributed by atoms with Crippen LogP contribution in [0.5, 0.6) is 0 Å². The first-order valence-corrected chi connectivity index (χ1v) is 10.1. The molecule has 1 aliphatic heterocycles. The number of nitrogens with one attached hydrogen (secondary N) is 1. The molecule has 7 nitrogen and oxygen atoms in total. The van der Waals surface area contributed by atoms with Crippen LogP contribution < -0.4 is 10.2 Å². The Hall–Kier alpha value is -2.42. The van der Waals surface area contributed by atoms with Crippen molar-refractivity contribution in [2.75, 3.05) is 36.5 Å². The van der Waals surface area contributed by atoms with Gasteiger partial charge >= 0.3 is 0 Å². The van der Waals surface area contributed by atoms with Gasteiger partial charge < -0.3 is 15.0 Å². The first-order chi connectivity index (χ1) is 12.8. The second kappa shape index (κ2) is 8.08. The number of aryl methyl sites for hydroxylation is 1. The third kappa shape index (κ3) is 4.85. The van der Waals surface area contributed by atoms with Gasteiger partial charge in [0.05, 0.1) is 13.2 Å². The quantitative estimate of drug-likeness (QED) is 0.761. The summed E-state index contributed by atoms with van der Waals surface area (Å²) in [7, 11) is -4.61. The number of amides is 1. The molecule has 0 aliphatic carbocycles. The number of carbonyl (C=O) groups is 1. The lowest BCUT2D eigenvalue weighted by atomic mass is 10.1. The summed E-state index contributed by atoms with van der Waals surface area (Å²) in [6, 6.07) is 13.6. The Morgan fingerprint density at radius 3 is 2.22 bits per heavy atom. The summed E-state index contributed by atoms with van der Waals surface area (Å²) in [5.74, 6) is -0.805. The molecule has 0 aromatic heterocycles. The fraction of sp³-hybridized carbons (Fsp3) is 0.316. The summed E-state index contributed by atoms with van der Waals surface area (Å²) in [5.41, 5.74) is 2.59. The Morgan fingerprint density at radius 1 is 1.07 bits per heavy atom. The van der Waals surface area contributed by atoms with Crippen LogP contribution in [0.1, 0.15) is 16.4 Å². The maximum absolute atomic E-state index is 12.6. The smallest absolute Gasteiger partial charge is 0.281 e. The molecule has 2 aromatic rings. The summed E-state index contributed by atoms with van der Waals surface area (Å²) < 4.78 is 38.5. The molecule has 8 heteroatoms. The zero-order chi connectivity index (χ0) is 19.4. The number of anilines is 2. The molecule has 1 atom stereocenters. The molecule has 1 unspecified atom stereocenters. The lowest BCUT2D eigenvalue weighted by Crippen LogP contribution is -2.36. The molecule has 0 radical (unpaired) electrons. The van der Waals surface area contributed by atoms with Crippen molar-refractivity contribution >= 4 is 27.4 Å². The molecule has 2 N–H and O–H groups in total. The van der Waals surface area contributed by atoms with E-state index in [0.717, 1.165) is 24.3 Å². The van der Waals surface area contributed by atoms with Crippen LogP contribution in [0.3, 0.4) is 0 Å². The zero-order valence-corrected chi connectivity index (χ0v) is 15.8. The van der Waals surface area contributed by atoms with Crippen molar-refractivity contribution < 1.29 is 22.5 Å². The maximum atomic E-state index is 12.6. The largest absolute Gasteiger partial charge is 0.378 e. The highest BCUT2D eigenvalue weighted by atomic mass is 32.2. The molecule has 0 spiro atoms. The van der Waals surface area contributed by atoms with Crippen LogP contribution in [0.15, 0.2) is 48.5 Å². The number of hydrogen-bond donors (Lipinski definition) is 2. The van der Waals surface area contributed by atoms with E-state index in [1.54, 1.807) is 24.3 Å². The van der Waals surface area contributed by atoms with Crippen LogP contribution in [0.4, 0.5) is 11.4 Å². The molecule has 1 aliphatic rings. The lowest BCUT2D eigenvalue weighted by Gasteiger charge is -2.29. The molecule has 1 saturated heterocycles. The van der Waals surface area contributed by atoms with E-state index in [4.69, 9.17) is 4.74 Å². The fourth-order valence-corrected chi connectivity index (χ4v) is 3.82. The molecule has 1 fully saturated rings. The van der Waals surface area contributed by atoms with Gasteiger partial charge in [-0.2, -0.15) is 8.42 Å². The minimum absolute atomic E-state index is 0.213. The van der Waals surface area contributed by atoms with E-state index in [0.29, 0.717) is 18.9 Å². The lowest BCUT2D eigenvalue weighted by molar-refractivity contribution is -0.116. The third-order valence-electron chi connectivity index (χ3n) is 4.43. The highest BCUT2D eigenvalue weighted by Gasteiger charge is 2.33. The topological polar surface area (TPSA) is 95.9 Å². The van der Waals surface area contributed by atoms with Crippen LogP contribution in [-0.4, -0.2) is 45.2 Å². The summed E-state index contributed by atoms with van der Waals surface area (Å²) >= 11 is 0. The van der Waals surface area contributed by atoms with E-state index in [1.807, 2.05) is 19.1 Å². The van der Waals surface area contributed by atoms with Gasteiger partial charge in [0, 0.05) is 24.5 Å². The minimum atomic E-state index is -4.61. The van der Waals surface area contributed by atoms with Crippen molar-refractivity contribution in [1.29, 1.82) is 0 Å². The maximum Gasteiger partial charge on any atom is 0.281 e. The van der Waals surface area contributed by atoms with Gasteiger partial charge in [0.15, 0.2) is 5.25 Å². The molecule has 0 saturated carbocycles. The van der Waals surface area contributed by atoms with Gasteiger partial charge in [-0.1, -0.05) is 29.8 Å². The van der Waals surface area contributed by atoms with Crippen molar-refractivity contribution in [2.24, 2.45) is 0 Å². The van der Waals surface area contributed by atoms with Crippen molar-refractivity contribution in [3.63, 3.8) is 0 Å². The molecule has 1 amide bonds. The summed E-state index contributed by atoms with van der Waals surface area (Å²) in [6.07, 6.45) is 0. The van der Waals surface area contributed by atoms with Gasteiger partial charge in [0.2, 0.25) is 5.91 Å². The molecular weight excluding hydrogens is 368 g/mol. The van der Waals surface area contributed by atoms with E-state index in [9.17, 15) is 17.8 Å². The second-order valence-electron chi connectivity index (χ2n) is 6.44. The minimum Gasteiger partial charge on any atom is -0.378 e. The third-order valence-corrected chi connectivity index (χ3v) is 5.51. The fourth-order valence-electron chi connectivity index (χ4n) is 2.98. The second-order valence-corrected chi connectivity index (χ2v) is 7.94. The van der Waals surface area contributed by atoms with Gasteiger partial charge in [-0.05, 0) is 36.8 Å². The predicted octanol–water partition coefficient (Wildman–Crippen LogP) is 2.40. The van der Waals surface area contributed by atoms with Crippen LogP contribution in [0, 0.1) is 6.92 Å². The Labute approximate surface area is 158 Å². The van der Waals surface area contributed by atoms with Crippen LogP contribution in [-0.2, 0) is 19.6 Å². The monoisotopic (exact) mass is 390 g/mol. The number of benzene rings is 2. The average molecular weight is 390 g/mol. The van der Waals surface area contributed by atoms with Crippen molar-refractivity contribution in [1.82, 2.24) is 0 Å². The van der Waals surface area contributed by atoms with Gasteiger partial charge in [0.1, 0.15) is 0 Å². The zero-order valence-electron chi connectivity index (χ0n) is 15.0. The summed E-state index contributed by atoms with van der Waals surface area (Å²) in [6.45, 7) is 4.78. The first-order valence-electron chi connectivity index (χ1n) is 8.61. The van der Waals surface area contributed by atoms with Crippen LogP contribution in [0.2, 0.25) is 0 Å². The Kier molecular flexibility index (Phi) is 5.79. The standard InChI is InChI=1S/C19H22N2O5S/c1-14-2-4-15(5-3-14)18(27(23,24)25)19(22)20-16-6-8-17(9-7-16)21-10-12-26-13-11-21/h2-9,18H,10-13H2,1H3,(H,20,22)(H,23,24,25). The molecule has 1 heterocycles. The van der Waals surface area contributed by atoms with E-state index in [1.165, 1.54) is 12.1 Å². The van der Waals surface area contributed by atoms with Crippen molar-refractivity contribution in [2.45, 2.75) is 12.2 Å². The van der Waals surface area contributed by atoms with Crippen molar-refractivity contribution in [3.05, 3.63) is 59.7 Å². The van der Waals surface area contributed by atoms with E-state index in [2.05, 4.69) is 10.2 Å². The number of hydrogen-bond acceptors (Lipinski definition) is 5. The normalized spacial score (nSPS) is 16.0. The molecular formula is C19H22N2O5S. The number of rotatable bonds is 5. The van der Waals surface area contributed by atoms with Gasteiger partial charge in [-0.25, -0.2) is 0 Å². The van der Waals surface area contributed by atoms with E-state index in [-0.39, 0.29) is 5.56 Å². The Balaban J connectivity index is 1.76. The molecule has 2 aromatic carbocycles. The predicted molar refractivity (Wildman–Crippen MR) is 104 cm³/mol. The number of ether oxygens (including phenoxy) is 1. The van der Waals surface area contributed by atoms with Gasteiger partial charge in [-0.15, -0.1) is 0 Å².